The van der Waals surface area contributed by atoms with Gasteiger partial charge < -0.3 is 25.8 Å². The lowest BCUT2D eigenvalue weighted by atomic mass is 10.1. The van der Waals surface area contributed by atoms with E-state index in [1.165, 1.54) is 0 Å². The van der Waals surface area contributed by atoms with Crippen LogP contribution in [0.25, 0.3) is 0 Å². The van der Waals surface area contributed by atoms with Crippen molar-refractivity contribution in [1.82, 2.24) is 14.7 Å². The van der Waals surface area contributed by atoms with E-state index >= 15 is 0 Å². The van der Waals surface area contributed by atoms with Crippen LogP contribution >= 0.6 is 0 Å². The van der Waals surface area contributed by atoms with Gasteiger partial charge >= 0.3 is 11.8 Å². The Labute approximate surface area is 150 Å². The SMILES string of the molecule is CC(N)c1ccc(NC(=O)C(=O)N(CCN(C)C)CCN(C)C)cc1. The van der Waals surface area contributed by atoms with Crippen LogP contribution in [0.5, 0.6) is 0 Å². The summed E-state index contributed by atoms with van der Waals surface area (Å²) in [7, 11) is 7.76. The van der Waals surface area contributed by atoms with Crippen LogP contribution < -0.4 is 11.1 Å². The minimum absolute atomic E-state index is 0.0704. The van der Waals surface area contributed by atoms with Crippen molar-refractivity contribution in [2.24, 2.45) is 5.73 Å². The number of hydrogen-bond donors (Lipinski definition) is 2. The molecule has 0 bridgehead atoms. The first kappa shape index (κ1) is 21.1. The van der Waals surface area contributed by atoms with E-state index in [-0.39, 0.29) is 6.04 Å². The summed E-state index contributed by atoms with van der Waals surface area (Å²) >= 11 is 0. The number of carbonyl (C=O) groups excluding carboxylic acids is 2. The fourth-order valence-corrected chi connectivity index (χ4v) is 2.15. The molecule has 1 aromatic rings. The van der Waals surface area contributed by atoms with Gasteiger partial charge in [-0.15, -0.1) is 0 Å². The molecule has 7 nitrogen and oxygen atoms in total. The van der Waals surface area contributed by atoms with Gasteiger partial charge in [0, 0.05) is 37.9 Å². The molecule has 1 atom stereocenters. The van der Waals surface area contributed by atoms with E-state index in [4.69, 9.17) is 5.73 Å². The lowest BCUT2D eigenvalue weighted by molar-refractivity contribution is -0.143. The van der Waals surface area contributed by atoms with Crippen LogP contribution in [0.15, 0.2) is 24.3 Å². The average Bonchev–Trinajstić information content (AvgIpc) is 2.54. The number of benzene rings is 1. The quantitative estimate of drug-likeness (QED) is 0.672. The van der Waals surface area contributed by atoms with E-state index in [1.54, 1.807) is 17.0 Å². The van der Waals surface area contributed by atoms with Gasteiger partial charge in [-0.25, -0.2) is 0 Å². The van der Waals surface area contributed by atoms with Crippen molar-refractivity contribution in [3.8, 4) is 0 Å². The molecule has 0 aliphatic carbocycles. The van der Waals surface area contributed by atoms with Gasteiger partial charge in [-0.3, -0.25) is 9.59 Å². The second-order valence-corrected chi connectivity index (χ2v) is 6.76. The molecule has 1 aromatic carbocycles. The lowest BCUT2D eigenvalue weighted by Gasteiger charge is -2.25. The van der Waals surface area contributed by atoms with E-state index < -0.39 is 11.8 Å². The van der Waals surface area contributed by atoms with E-state index in [0.717, 1.165) is 5.56 Å². The van der Waals surface area contributed by atoms with Crippen LogP contribution in [-0.4, -0.2) is 80.9 Å². The van der Waals surface area contributed by atoms with Crippen molar-refractivity contribution in [2.45, 2.75) is 13.0 Å². The molecule has 0 saturated heterocycles. The van der Waals surface area contributed by atoms with Crippen LogP contribution in [0.2, 0.25) is 0 Å². The van der Waals surface area contributed by atoms with Gasteiger partial charge in [-0.05, 0) is 52.8 Å². The zero-order valence-corrected chi connectivity index (χ0v) is 16.0. The maximum atomic E-state index is 12.5. The third-order valence-electron chi connectivity index (χ3n) is 3.81. The third-order valence-corrected chi connectivity index (χ3v) is 3.81. The Balaban J connectivity index is 2.71. The van der Waals surface area contributed by atoms with Crippen LogP contribution in [-0.2, 0) is 9.59 Å². The van der Waals surface area contributed by atoms with Crippen LogP contribution in [0, 0.1) is 0 Å². The lowest BCUT2D eigenvalue weighted by Crippen LogP contribution is -2.45. The number of nitrogens with one attached hydrogen (secondary N) is 1. The molecule has 25 heavy (non-hydrogen) atoms. The average molecular weight is 349 g/mol. The van der Waals surface area contributed by atoms with Gasteiger partial charge in [0.2, 0.25) is 0 Å². The molecular formula is C18H31N5O2. The highest BCUT2D eigenvalue weighted by Crippen LogP contribution is 2.14. The topological polar surface area (TPSA) is 81.9 Å². The molecule has 0 aromatic heterocycles. The van der Waals surface area contributed by atoms with E-state index in [2.05, 4.69) is 5.32 Å². The monoisotopic (exact) mass is 349 g/mol. The number of nitrogens with two attached hydrogens (primary N) is 1. The largest absolute Gasteiger partial charge is 0.332 e. The minimum Gasteiger partial charge on any atom is -0.332 e. The first-order chi connectivity index (χ1) is 11.7. The molecule has 2 amide bonds. The zero-order chi connectivity index (χ0) is 19.0. The Bertz CT molecular complexity index is 543. The molecule has 0 heterocycles. The number of amides is 2. The van der Waals surface area contributed by atoms with Gasteiger partial charge in [0.05, 0.1) is 0 Å². The fourth-order valence-electron chi connectivity index (χ4n) is 2.15. The van der Waals surface area contributed by atoms with Gasteiger partial charge in [-0.1, -0.05) is 12.1 Å². The van der Waals surface area contributed by atoms with Crippen molar-refractivity contribution >= 4 is 17.5 Å². The Morgan fingerprint density at radius 2 is 1.44 bits per heavy atom. The second kappa shape index (κ2) is 10.1. The Kier molecular flexibility index (Phi) is 8.54. The van der Waals surface area contributed by atoms with Gasteiger partial charge in [-0.2, -0.15) is 0 Å². The standard InChI is InChI=1S/C18H31N5O2/c1-14(19)15-6-8-16(9-7-15)20-17(24)18(25)23(12-10-21(2)3)13-11-22(4)5/h6-9,14H,10-13,19H2,1-5H3,(H,20,24). The maximum Gasteiger partial charge on any atom is 0.313 e. The molecule has 1 unspecified atom stereocenters. The summed E-state index contributed by atoms with van der Waals surface area (Å²) in [4.78, 5) is 30.4. The second-order valence-electron chi connectivity index (χ2n) is 6.76. The van der Waals surface area contributed by atoms with Crippen LogP contribution in [0.3, 0.4) is 0 Å². The molecule has 0 aliphatic rings. The molecule has 0 saturated carbocycles. The smallest absolute Gasteiger partial charge is 0.313 e. The summed E-state index contributed by atoms with van der Waals surface area (Å²) < 4.78 is 0. The van der Waals surface area contributed by atoms with E-state index in [9.17, 15) is 9.59 Å². The van der Waals surface area contributed by atoms with Crippen molar-refractivity contribution in [3.05, 3.63) is 29.8 Å². The molecule has 0 fully saturated rings. The van der Waals surface area contributed by atoms with Crippen molar-refractivity contribution in [3.63, 3.8) is 0 Å². The number of rotatable bonds is 8. The number of likely N-dealkylation sites (N-methyl/N-ethyl adjacent to an activating group) is 2. The normalized spacial score (nSPS) is 12.3. The van der Waals surface area contributed by atoms with Gasteiger partial charge in [0.1, 0.15) is 0 Å². The molecule has 7 heteroatoms. The van der Waals surface area contributed by atoms with E-state index in [1.807, 2.05) is 57.0 Å². The summed E-state index contributed by atoms with van der Waals surface area (Å²) in [5.74, 6) is -1.13. The number of carbonyl (C=O) groups is 2. The molecule has 1 rings (SSSR count). The molecule has 0 spiro atoms. The number of nitrogens with zero attached hydrogens (tertiary/aromatic N) is 3. The molecule has 0 aliphatic heterocycles. The molecular weight excluding hydrogens is 318 g/mol. The first-order valence-corrected chi connectivity index (χ1v) is 8.46. The Morgan fingerprint density at radius 3 is 1.84 bits per heavy atom. The number of hydrogen-bond acceptors (Lipinski definition) is 5. The summed E-state index contributed by atoms with van der Waals surface area (Å²) in [5.41, 5.74) is 7.37. The molecule has 3 N–H and O–H groups in total. The van der Waals surface area contributed by atoms with Gasteiger partial charge in [0.15, 0.2) is 0 Å². The highest BCUT2D eigenvalue weighted by Gasteiger charge is 2.22. The first-order valence-electron chi connectivity index (χ1n) is 8.46. The Hall–Kier alpha value is -1.96. The zero-order valence-electron chi connectivity index (χ0n) is 16.0. The van der Waals surface area contributed by atoms with Crippen LogP contribution in [0.1, 0.15) is 18.5 Å². The summed E-state index contributed by atoms with van der Waals surface area (Å²) in [6, 6.07) is 7.14. The number of anilines is 1. The van der Waals surface area contributed by atoms with Crippen molar-refractivity contribution < 1.29 is 9.59 Å². The molecule has 140 valence electrons. The predicted molar refractivity (Wildman–Crippen MR) is 101 cm³/mol. The predicted octanol–water partition coefficient (Wildman–Crippen LogP) is 0.597. The summed E-state index contributed by atoms with van der Waals surface area (Å²) in [6.45, 7) is 4.32. The maximum absolute atomic E-state index is 12.5. The van der Waals surface area contributed by atoms with E-state index in [0.29, 0.717) is 31.9 Å². The van der Waals surface area contributed by atoms with Crippen LogP contribution in [0.4, 0.5) is 5.69 Å². The summed E-state index contributed by atoms with van der Waals surface area (Å²) in [6.07, 6.45) is 0. The van der Waals surface area contributed by atoms with Crippen molar-refractivity contribution in [2.75, 3.05) is 59.7 Å². The third kappa shape index (κ3) is 7.64. The highest BCUT2D eigenvalue weighted by molar-refractivity contribution is 6.39. The van der Waals surface area contributed by atoms with Crippen molar-refractivity contribution in [1.29, 1.82) is 0 Å². The Morgan fingerprint density at radius 1 is 0.960 bits per heavy atom. The minimum atomic E-state index is -0.619. The highest BCUT2D eigenvalue weighted by atomic mass is 16.2. The van der Waals surface area contributed by atoms with Gasteiger partial charge in [0.25, 0.3) is 0 Å². The summed E-state index contributed by atoms with van der Waals surface area (Å²) in [5, 5.41) is 2.67. The fraction of sp³-hybridized carbons (Fsp3) is 0.556. The molecule has 0 radical (unpaired) electrons.